The maximum Gasteiger partial charge on any atom is 0.0714 e. The average Bonchev–Trinajstić information content (AvgIpc) is 2.53. The average molecular weight is 254 g/mol. The lowest BCUT2D eigenvalue weighted by molar-refractivity contribution is 1.33. The summed E-state index contributed by atoms with van der Waals surface area (Å²) in [5.74, 6) is 0. The van der Waals surface area contributed by atoms with Gasteiger partial charge in [-0.25, -0.2) is 0 Å². The van der Waals surface area contributed by atoms with Crippen molar-refractivity contribution in [1.82, 2.24) is 4.98 Å². The highest BCUT2D eigenvalue weighted by molar-refractivity contribution is 6.04. The predicted molar refractivity (Wildman–Crippen MR) is 83.5 cm³/mol. The number of hydrogen-bond donors (Lipinski definition) is 0. The minimum absolute atomic E-state index is 0.966. The molecule has 1 heterocycles. The molecule has 0 saturated heterocycles. The molecular formula is C19H12N. The highest BCUT2D eigenvalue weighted by atomic mass is 14.7. The highest BCUT2D eigenvalue weighted by Crippen LogP contribution is 2.30. The molecule has 0 aliphatic rings. The van der Waals surface area contributed by atoms with E-state index in [1.807, 2.05) is 12.1 Å². The first kappa shape index (κ1) is 11.2. The fourth-order valence-electron chi connectivity index (χ4n) is 2.66. The Morgan fingerprint density at radius 1 is 0.800 bits per heavy atom. The second-order valence-corrected chi connectivity index (χ2v) is 4.87. The number of aromatic nitrogens is 1. The van der Waals surface area contributed by atoms with Gasteiger partial charge in [-0.05, 0) is 51.9 Å². The zero-order valence-electron chi connectivity index (χ0n) is 10.9. The minimum Gasteiger partial charge on any atom is -0.256 e. The number of benzene rings is 3. The molecule has 1 radical (unpaired) electrons. The molecule has 0 saturated carbocycles. The van der Waals surface area contributed by atoms with Crippen molar-refractivity contribution >= 4 is 21.5 Å². The Bertz CT molecular complexity index is 895. The lowest BCUT2D eigenvalue weighted by Crippen LogP contribution is -1.85. The van der Waals surface area contributed by atoms with Crippen molar-refractivity contribution in [3.8, 4) is 11.3 Å². The summed E-state index contributed by atoms with van der Waals surface area (Å²) < 4.78 is 0. The lowest BCUT2D eigenvalue weighted by atomic mass is 9.98. The molecule has 1 nitrogen and oxygen atoms in total. The molecule has 4 rings (SSSR count). The van der Waals surface area contributed by atoms with E-state index in [1.54, 1.807) is 6.20 Å². The van der Waals surface area contributed by atoms with Crippen LogP contribution in [0.4, 0.5) is 0 Å². The number of rotatable bonds is 1. The van der Waals surface area contributed by atoms with E-state index in [2.05, 4.69) is 65.6 Å². The summed E-state index contributed by atoms with van der Waals surface area (Å²) >= 11 is 0. The molecule has 0 bridgehead atoms. The van der Waals surface area contributed by atoms with Gasteiger partial charge in [0.05, 0.1) is 5.69 Å². The number of nitrogens with zero attached hydrogens (tertiary/aromatic N) is 1. The minimum atomic E-state index is 0.966. The molecule has 93 valence electrons. The first-order chi connectivity index (χ1) is 9.92. The summed E-state index contributed by atoms with van der Waals surface area (Å²) in [6.45, 7) is 0. The summed E-state index contributed by atoms with van der Waals surface area (Å²) in [6, 6.07) is 26.1. The van der Waals surface area contributed by atoms with E-state index in [-0.39, 0.29) is 0 Å². The second-order valence-electron chi connectivity index (χ2n) is 4.87. The van der Waals surface area contributed by atoms with Crippen molar-refractivity contribution in [2.24, 2.45) is 0 Å². The topological polar surface area (TPSA) is 12.9 Å². The van der Waals surface area contributed by atoms with Gasteiger partial charge in [-0.15, -0.1) is 0 Å². The Balaban J connectivity index is 2.09. The molecule has 0 aliphatic carbocycles. The number of pyridine rings is 1. The standard InChI is InChI=1S/C19H12N/c1-2-7-15-13-18-16(12-14(15)6-1)8-5-9-17(18)19-10-3-4-11-20-19/h1-2,4-13H. The molecule has 0 atom stereocenters. The Kier molecular flexibility index (Phi) is 2.49. The second kappa shape index (κ2) is 4.46. The molecule has 20 heavy (non-hydrogen) atoms. The van der Waals surface area contributed by atoms with E-state index >= 15 is 0 Å². The third kappa shape index (κ3) is 1.76. The third-order valence-corrected chi connectivity index (χ3v) is 3.63. The van der Waals surface area contributed by atoms with Crippen LogP contribution in [0, 0.1) is 6.07 Å². The number of fused-ring (bicyclic) bond motifs is 2. The van der Waals surface area contributed by atoms with Gasteiger partial charge in [-0.3, -0.25) is 4.98 Å². The zero-order chi connectivity index (χ0) is 13.4. The van der Waals surface area contributed by atoms with E-state index in [0.29, 0.717) is 0 Å². The van der Waals surface area contributed by atoms with Crippen molar-refractivity contribution in [1.29, 1.82) is 0 Å². The van der Waals surface area contributed by atoms with Crippen molar-refractivity contribution in [2.45, 2.75) is 0 Å². The molecule has 0 spiro atoms. The van der Waals surface area contributed by atoms with Gasteiger partial charge in [0.25, 0.3) is 0 Å². The van der Waals surface area contributed by atoms with Gasteiger partial charge in [-0.1, -0.05) is 42.5 Å². The van der Waals surface area contributed by atoms with Gasteiger partial charge in [0.1, 0.15) is 0 Å². The van der Waals surface area contributed by atoms with Crippen LogP contribution in [-0.2, 0) is 0 Å². The smallest absolute Gasteiger partial charge is 0.0714 e. The van der Waals surface area contributed by atoms with Crippen LogP contribution in [0.1, 0.15) is 0 Å². The Labute approximate surface area is 117 Å². The zero-order valence-corrected chi connectivity index (χ0v) is 10.9. The predicted octanol–water partition coefficient (Wildman–Crippen LogP) is 4.86. The van der Waals surface area contributed by atoms with Crippen LogP contribution in [0.25, 0.3) is 32.8 Å². The van der Waals surface area contributed by atoms with Crippen molar-refractivity contribution in [3.63, 3.8) is 0 Å². The van der Waals surface area contributed by atoms with E-state index in [0.717, 1.165) is 11.3 Å². The molecule has 0 unspecified atom stereocenters. The Morgan fingerprint density at radius 2 is 1.60 bits per heavy atom. The maximum atomic E-state index is 4.45. The SMILES string of the molecule is [c]1ccnc(-c2cccc3cc4ccccc4cc23)c1. The van der Waals surface area contributed by atoms with Gasteiger partial charge in [0.2, 0.25) is 0 Å². The van der Waals surface area contributed by atoms with Crippen LogP contribution < -0.4 is 0 Å². The molecule has 0 amide bonds. The van der Waals surface area contributed by atoms with Crippen LogP contribution in [0.3, 0.4) is 0 Å². The summed E-state index contributed by atoms with van der Waals surface area (Å²) in [5.41, 5.74) is 2.12. The largest absolute Gasteiger partial charge is 0.256 e. The molecular weight excluding hydrogens is 242 g/mol. The Morgan fingerprint density at radius 3 is 2.40 bits per heavy atom. The van der Waals surface area contributed by atoms with Crippen LogP contribution in [-0.4, -0.2) is 4.98 Å². The van der Waals surface area contributed by atoms with Crippen LogP contribution >= 0.6 is 0 Å². The summed E-state index contributed by atoms with van der Waals surface area (Å²) in [7, 11) is 0. The summed E-state index contributed by atoms with van der Waals surface area (Å²) in [4.78, 5) is 4.45. The van der Waals surface area contributed by atoms with Gasteiger partial charge in [-0.2, -0.15) is 0 Å². The van der Waals surface area contributed by atoms with Crippen molar-refractivity contribution in [2.75, 3.05) is 0 Å². The fourth-order valence-corrected chi connectivity index (χ4v) is 2.66. The summed E-state index contributed by atoms with van der Waals surface area (Å²) in [6.07, 6.45) is 1.79. The third-order valence-electron chi connectivity index (χ3n) is 3.63. The van der Waals surface area contributed by atoms with Gasteiger partial charge >= 0.3 is 0 Å². The first-order valence-corrected chi connectivity index (χ1v) is 6.66. The molecule has 1 aromatic heterocycles. The molecule has 1 heteroatoms. The summed E-state index contributed by atoms with van der Waals surface area (Å²) in [5, 5.41) is 5.00. The number of hydrogen-bond acceptors (Lipinski definition) is 1. The van der Waals surface area contributed by atoms with E-state index in [1.165, 1.54) is 21.5 Å². The van der Waals surface area contributed by atoms with Crippen molar-refractivity contribution < 1.29 is 0 Å². The molecule has 4 aromatic rings. The quantitative estimate of drug-likeness (QED) is 0.442. The molecule has 0 N–H and O–H groups in total. The van der Waals surface area contributed by atoms with E-state index < -0.39 is 0 Å². The van der Waals surface area contributed by atoms with E-state index in [9.17, 15) is 0 Å². The molecule has 3 aromatic carbocycles. The lowest BCUT2D eigenvalue weighted by Gasteiger charge is -2.08. The molecule has 0 fully saturated rings. The first-order valence-electron chi connectivity index (χ1n) is 6.66. The van der Waals surface area contributed by atoms with Gasteiger partial charge in [0, 0.05) is 11.8 Å². The van der Waals surface area contributed by atoms with Crippen LogP contribution in [0.15, 0.2) is 72.9 Å². The van der Waals surface area contributed by atoms with Crippen LogP contribution in [0.2, 0.25) is 0 Å². The van der Waals surface area contributed by atoms with Crippen LogP contribution in [0.5, 0.6) is 0 Å². The fraction of sp³-hybridized carbons (Fsp3) is 0. The Hall–Kier alpha value is -2.67. The highest BCUT2D eigenvalue weighted by Gasteiger charge is 2.05. The van der Waals surface area contributed by atoms with Crippen molar-refractivity contribution in [3.05, 3.63) is 79.0 Å². The normalized spacial score (nSPS) is 11.0. The van der Waals surface area contributed by atoms with E-state index in [4.69, 9.17) is 0 Å². The van der Waals surface area contributed by atoms with Gasteiger partial charge in [0.15, 0.2) is 0 Å². The maximum absolute atomic E-state index is 4.45. The van der Waals surface area contributed by atoms with Gasteiger partial charge < -0.3 is 0 Å². The molecule has 0 aliphatic heterocycles. The monoisotopic (exact) mass is 254 g/mol.